The summed E-state index contributed by atoms with van der Waals surface area (Å²) in [5.41, 5.74) is 1.49. The number of hydrogen-bond donors (Lipinski definition) is 1. The standard InChI is InChI=1S/C23H32N4O3S2/c1-4-18-7-5-6-13-27(18)32(29,30)19-10-8-17(9-11-19)22(28)25-23-24-20-12-14-26(16(2)3)15-21(20)31-23/h8-11,16,18H,4-7,12-15H2,1-3H3,(H,24,25,28). The molecule has 1 aromatic heterocycles. The first-order chi connectivity index (χ1) is 15.3. The fourth-order valence-electron chi connectivity index (χ4n) is 4.49. The molecular formula is C23H32N4O3S2. The van der Waals surface area contributed by atoms with Gasteiger partial charge in [-0.05, 0) is 57.4 Å². The van der Waals surface area contributed by atoms with Crippen molar-refractivity contribution >= 4 is 32.4 Å². The van der Waals surface area contributed by atoms with Gasteiger partial charge in [-0.2, -0.15) is 4.31 Å². The molecule has 1 atom stereocenters. The molecule has 174 valence electrons. The van der Waals surface area contributed by atoms with E-state index >= 15 is 0 Å². The van der Waals surface area contributed by atoms with Crippen molar-refractivity contribution in [2.75, 3.05) is 18.4 Å². The molecule has 1 N–H and O–H groups in total. The highest BCUT2D eigenvalue weighted by molar-refractivity contribution is 7.89. The van der Waals surface area contributed by atoms with Crippen LogP contribution in [0.5, 0.6) is 0 Å². The van der Waals surface area contributed by atoms with Gasteiger partial charge in [0.1, 0.15) is 0 Å². The summed E-state index contributed by atoms with van der Waals surface area (Å²) >= 11 is 1.52. The van der Waals surface area contributed by atoms with Gasteiger partial charge >= 0.3 is 0 Å². The number of amides is 1. The minimum Gasteiger partial charge on any atom is -0.298 e. The maximum Gasteiger partial charge on any atom is 0.257 e. The first-order valence-corrected chi connectivity index (χ1v) is 13.7. The van der Waals surface area contributed by atoms with Crippen molar-refractivity contribution in [3.63, 3.8) is 0 Å². The van der Waals surface area contributed by atoms with Gasteiger partial charge < -0.3 is 0 Å². The van der Waals surface area contributed by atoms with Gasteiger partial charge in [0.25, 0.3) is 5.91 Å². The van der Waals surface area contributed by atoms with Gasteiger partial charge in [-0.25, -0.2) is 13.4 Å². The monoisotopic (exact) mass is 476 g/mol. The van der Waals surface area contributed by atoms with Crippen LogP contribution in [0.1, 0.15) is 67.4 Å². The normalized spacial score (nSPS) is 20.3. The summed E-state index contributed by atoms with van der Waals surface area (Å²) < 4.78 is 27.9. The van der Waals surface area contributed by atoms with Crippen LogP contribution in [0.25, 0.3) is 0 Å². The largest absolute Gasteiger partial charge is 0.298 e. The quantitative estimate of drug-likeness (QED) is 0.678. The summed E-state index contributed by atoms with van der Waals surface area (Å²) in [7, 11) is -3.55. The number of carbonyl (C=O) groups excluding carboxylic acids is 1. The number of carbonyl (C=O) groups is 1. The second-order valence-electron chi connectivity index (χ2n) is 8.86. The molecule has 2 aliphatic heterocycles. The van der Waals surface area contributed by atoms with Crippen LogP contribution in [0.2, 0.25) is 0 Å². The van der Waals surface area contributed by atoms with Crippen molar-refractivity contribution < 1.29 is 13.2 Å². The second kappa shape index (κ2) is 9.59. The van der Waals surface area contributed by atoms with Gasteiger partial charge in [-0.3, -0.25) is 15.0 Å². The maximum atomic E-state index is 13.1. The van der Waals surface area contributed by atoms with Gasteiger partial charge in [0.2, 0.25) is 10.0 Å². The summed E-state index contributed by atoms with van der Waals surface area (Å²) in [5.74, 6) is -0.273. The first-order valence-electron chi connectivity index (χ1n) is 11.5. The van der Waals surface area contributed by atoms with Crippen LogP contribution in [0.3, 0.4) is 0 Å². The minimum absolute atomic E-state index is 0.0549. The van der Waals surface area contributed by atoms with Crippen LogP contribution < -0.4 is 5.32 Å². The molecule has 0 radical (unpaired) electrons. The fraction of sp³-hybridized carbons (Fsp3) is 0.565. The Morgan fingerprint density at radius 3 is 2.66 bits per heavy atom. The molecular weight excluding hydrogens is 444 g/mol. The zero-order valence-electron chi connectivity index (χ0n) is 19.0. The molecule has 0 spiro atoms. The lowest BCUT2D eigenvalue weighted by Gasteiger charge is -2.34. The molecule has 0 saturated carbocycles. The highest BCUT2D eigenvalue weighted by Gasteiger charge is 2.32. The zero-order chi connectivity index (χ0) is 22.9. The summed E-state index contributed by atoms with van der Waals surface area (Å²) in [6.45, 7) is 8.81. The Morgan fingerprint density at radius 2 is 1.97 bits per heavy atom. The van der Waals surface area contributed by atoms with Gasteiger partial charge in [-0.15, -0.1) is 11.3 Å². The van der Waals surface area contributed by atoms with E-state index < -0.39 is 10.0 Å². The average molecular weight is 477 g/mol. The third kappa shape index (κ3) is 4.76. The summed E-state index contributed by atoms with van der Waals surface area (Å²) in [5, 5.41) is 3.49. The van der Waals surface area contributed by atoms with Gasteiger partial charge in [0.15, 0.2) is 5.13 Å². The highest BCUT2D eigenvalue weighted by Crippen LogP contribution is 2.30. The second-order valence-corrected chi connectivity index (χ2v) is 11.8. The van der Waals surface area contributed by atoms with Gasteiger partial charge in [-0.1, -0.05) is 13.3 Å². The molecule has 4 rings (SSSR count). The lowest BCUT2D eigenvalue weighted by atomic mass is 10.0. The molecule has 1 amide bonds. The highest BCUT2D eigenvalue weighted by atomic mass is 32.2. The Labute approximate surface area is 194 Å². The number of sulfonamides is 1. The van der Waals surface area contributed by atoms with E-state index in [-0.39, 0.29) is 16.8 Å². The number of anilines is 1. The van der Waals surface area contributed by atoms with E-state index in [9.17, 15) is 13.2 Å². The maximum absolute atomic E-state index is 13.1. The van der Waals surface area contributed by atoms with E-state index in [0.717, 1.165) is 50.9 Å². The Kier molecular flexibility index (Phi) is 7.00. The van der Waals surface area contributed by atoms with Crippen molar-refractivity contribution in [1.29, 1.82) is 0 Å². The molecule has 3 heterocycles. The number of nitrogens with zero attached hydrogens (tertiary/aromatic N) is 3. The lowest BCUT2D eigenvalue weighted by molar-refractivity contribution is 0.102. The SMILES string of the molecule is CCC1CCCCN1S(=O)(=O)c1ccc(C(=O)Nc2nc3c(s2)CN(C(C)C)CC3)cc1. The van der Waals surface area contributed by atoms with Crippen LogP contribution >= 0.6 is 11.3 Å². The third-order valence-electron chi connectivity index (χ3n) is 6.48. The number of benzene rings is 1. The molecule has 1 saturated heterocycles. The lowest BCUT2D eigenvalue weighted by Crippen LogP contribution is -2.43. The van der Waals surface area contributed by atoms with E-state index in [1.807, 2.05) is 6.92 Å². The van der Waals surface area contributed by atoms with Crippen molar-refractivity contribution in [2.24, 2.45) is 0 Å². The third-order valence-corrected chi connectivity index (χ3v) is 9.44. The number of aromatic nitrogens is 1. The van der Waals surface area contributed by atoms with Gasteiger partial charge in [0.05, 0.1) is 10.6 Å². The van der Waals surface area contributed by atoms with E-state index in [1.54, 1.807) is 28.6 Å². The summed E-state index contributed by atoms with van der Waals surface area (Å²) in [4.78, 5) is 21.2. The van der Waals surface area contributed by atoms with Crippen LogP contribution in [0, 0.1) is 0 Å². The molecule has 32 heavy (non-hydrogen) atoms. The number of thiazole rings is 1. The van der Waals surface area contributed by atoms with E-state index in [2.05, 4.69) is 29.0 Å². The number of piperidine rings is 1. The predicted molar refractivity (Wildman–Crippen MR) is 128 cm³/mol. The van der Waals surface area contributed by atoms with Crippen LogP contribution in [-0.2, 0) is 23.0 Å². The van der Waals surface area contributed by atoms with E-state index in [4.69, 9.17) is 0 Å². The molecule has 1 unspecified atom stereocenters. The molecule has 1 aromatic carbocycles. The van der Waals surface area contributed by atoms with Gasteiger partial charge in [0, 0.05) is 48.6 Å². The smallest absolute Gasteiger partial charge is 0.257 e. The Bertz CT molecular complexity index is 1060. The summed E-state index contributed by atoms with van der Waals surface area (Å²) in [6.07, 6.45) is 4.57. The topological polar surface area (TPSA) is 82.6 Å². The molecule has 7 nitrogen and oxygen atoms in total. The number of rotatable bonds is 6. The Hall–Kier alpha value is -1.81. The fourth-order valence-corrected chi connectivity index (χ4v) is 7.29. The first kappa shape index (κ1) is 23.4. The van der Waals surface area contributed by atoms with Crippen LogP contribution in [0.15, 0.2) is 29.2 Å². The Morgan fingerprint density at radius 1 is 1.22 bits per heavy atom. The van der Waals surface area contributed by atoms with Crippen molar-refractivity contribution in [3.05, 3.63) is 40.4 Å². The molecule has 1 fully saturated rings. The molecule has 0 aliphatic carbocycles. The Balaban J connectivity index is 1.45. The van der Waals surface area contributed by atoms with E-state index in [1.165, 1.54) is 16.2 Å². The predicted octanol–water partition coefficient (Wildman–Crippen LogP) is 4.12. The van der Waals surface area contributed by atoms with E-state index in [0.29, 0.717) is 23.3 Å². The van der Waals surface area contributed by atoms with Crippen LogP contribution in [0.4, 0.5) is 5.13 Å². The minimum atomic E-state index is -3.55. The van der Waals surface area contributed by atoms with Crippen molar-refractivity contribution in [2.45, 2.75) is 76.4 Å². The molecule has 2 aromatic rings. The molecule has 0 bridgehead atoms. The van der Waals surface area contributed by atoms with Crippen molar-refractivity contribution in [3.8, 4) is 0 Å². The number of nitrogens with one attached hydrogen (secondary N) is 1. The average Bonchev–Trinajstić information content (AvgIpc) is 3.20. The van der Waals surface area contributed by atoms with Crippen molar-refractivity contribution in [1.82, 2.24) is 14.2 Å². The molecule has 9 heteroatoms. The summed E-state index contributed by atoms with van der Waals surface area (Å²) in [6, 6.07) is 6.79. The number of fused-ring (bicyclic) bond motifs is 1. The molecule has 2 aliphatic rings. The van der Waals surface area contributed by atoms with Crippen LogP contribution in [-0.4, -0.2) is 53.7 Å². The number of hydrogen-bond acceptors (Lipinski definition) is 6. The zero-order valence-corrected chi connectivity index (χ0v) is 20.6.